The first-order valence-corrected chi connectivity index (χ1v) is 10.9. The summed E-state index contributed by atoms with van der Waals surface area (Å²) in [6, 6.07) is 8.35. The third kappa shape index (κ3) is 4.10. The summed E-state index contributed by atoms with van der Waals surface area (Å²) >= 11 is 11.0. The molecule has 1 heterocycles. The summed E-state index contributed by atoms with van der Waals surface area (Å²) in [7, 11) is 1.51. The fourth-order valence-electron chi connectivity index (χ4n) is 2.77. The van der Waals surface area contributed by atoms with Crippen molar-refractivity contribution < 1.29 is 13.4 Å². The van der Waals surface area contributed by atoms with Gasteiger partial charge >= 0.3 is 0 Å². The zero-order valence-electron chi connectivity index (χ0n) is 14.8. The number of hydrogen-bond donors (Lipinski definition) is 1. The van der Waals surface area contributed by atoms with Crippen molar-refractivity contribution in [2.45, 2.75) is 22.6 Å². The Labute approximate surface area is 182 Å². The van der Waals surface area contributed by atoms with Crippen LogP contribution in [0.2, 0.25) is 5.02 Å². The number of fused-ring (bicyclic) bond motifs is 1. The number of Topliss-reactive ketones (excluding diaryl/α,β-unsaturated/α-hetero) is 1. The van der Waals surface area contributed by atoms with Crippen molar-refractivity contribution in [3.05, 3.63) is 61.2 Å². The molecule has 1 aromatic heterocycles. The van der Waals surface area contributed by atoms with Gasteiger partial charge in [-0.2, -0.15) is 3.89 Å². The molecule has 0 saturated heterocycles. The largest absolute Gasteiger partial charge is 0.496 e. The lowest BCUT2D eigenvalue weighted by atomic mass is 10.1. The number of aromatic amines is 1. The lowest BCUT2D eigenvalue weighted by Crippen LogP contribution is -2.17. The van der Waals surface area contributed by atoms with Gasteiger partial charge in [0.05, 0.1) is 45.8 Å². The number of H-pyrrole nitrogens is 1. The molecule has 0 atom stereocenters. The van der Waals surface area contributed by atoms with Crippen molar-refractivity contribution in [2.24, 2.45) is 0 Å². The number of rotatable bonds is 6. The zero-order valence-corrected chi connectivity index (χ0v) is 18.7. The van der Waals surface area contributed by atoms with E-state index in [9.17, 15) is 13.5 Å². The van der Waals surface area contributed by atoms with Crippen molar-refractivity contribution in [3.8, 4) is 5.75 Å². The van der Waals surface area contributed by atoms with Gasteiger partial charge in [-0.05, 0) is 47.1 Å². The van der Waals surface area contributed by atoms with Crippen LogP contribution >= 0.6 is 51.4 Å². The first kappa shape index (κ1) is 21.2. The van der Waals surface area contributed by atoms with Crippen molar-refractivity contribution in [3.63, 3.8) is 0 Å². The second-order valence-electron chi connectivity index (χ2n) is 5.83. The fourth-order valence-corrected chi connectivity index (χ4v) is 4.81. The highest BCUT2D eigenvalue weighted by atomic mass is 79.9. The average Bonchev–Trinajstić information content (AvgIpc) is 2.68. The van der Waals surface area contributed by atoms with Gasteiger partial charge in [-0.1, -0.05) is 17.7 Å². The molecular formula is C19H14BrClFNO3S2. The van der Waals surface area contributed by atoms with Crippen LogP contribution in [0.1, 0.15) is 22.8 Å². The molecular weight excluding hydrogens is 489 g/mol. The molecule has 0 fully saturated rings. The molecule has 0 unspecified atom stereocenters. The molecule has 28 heavy (non-hydrogen) atoms. The number of nitrogens with one attached hydrogen (secondary N) is 1. The van der Waals surface area contributed by atoms with Gasteiger partial charge in [0, 0.05) is 20.7 Å². The molecule has 0 radical (unpaired) electrons. The van der Waals surface area contributed by atoms with Crippen LogP contribution in [0.3, 0.4) is 0 Å². The third-order valence-electron chi connectivity index (χ3n) is 4.10. The van der Waals surface area contributed by atoms with Crippen LogP contribution in [0, 0.1) is 0 Å². The van der Waals surface area contributed by atoms with Gasteiger partial charge in [-0.25, -0.2) is 0 Å². The van der Waals surface area contributed by atoms with Gasteiger partial charge in [0.2, 0.25) is 5.43 Å². The summed E-state index contributed by atoms with van der Waals surface area (Å²) in [5.74, 6) is 0.602. The Morgan fingerprint density at radius 2 is 2.07 bits per heavy atom. The van der Waals surface area contributed by atoms with E-state index in [-0.39, 0.29) is 33.9 Å². The van der Waals surface area contributed by atoms with E-state index in [0.717, 1.165) is 5.56 Å². The van der Waals surface area contributed by atoms with E-state index >= 15 is 0 Å². The van der Waals surface area contributed by atoms with Gasteiger partial charge in [0.1, 0.15) is 5.75 Å². The number of carbonyl (C=O) groups is 1. The molecule has 0 aliphatic carbocycles. The SMILES string of the molecule is COc1cc(SF)ccc1CSc1[nH]c2c(Br)ccc(Cl)c2c(=O)c1C(C)=O. The summed E-state index contributed by atoms with van der Waals surface area (Å²) in [5, 5.41) is 0.992. The summed E-state index contributed by atoms with van der Waals surface area (Å²) in [5.41, 5.74) is 0.991. The average molecular weight is 503 g/mol. The van der Waals surface area contributed by atoms with Crippen LogP contribution in [-0.4, -0.2) is 17.9 Å². The molecule has 3 rings (SSSR count). The minimum Gasteiger partial charge on any atom is -0.496 e. The van der Waals surface area contributed by atoms with E-state index in [0.29, 0.717) is 31.4 Å². The molecule has 0 aliphatic rings. The Kier molecular flexibility index (Phi) is 6.75. The molecule has 0 aliphatic heterocycles. The predicted molar refractivity (Wildman–Crippen MR) is 117 cm³/mol. The van der Waals surface area contributed by atoms with E-state index in [4.69, 9.17) is 16.3 Å². The maximum atomic E-state index is 13.0. The van der Waals surface area contributed by atoms with E-state index in [2.05, 4.69) is 20.9 Å². The number of benzene rings is 2. The standard InChI is InChI=1S/C19H14BrClFNO3S2/c1-9(24)15-18(25)16-13(21)6-5-12(20)17(16)23-19(15)27-8-10-3-4-11(28-22)7-14(10)26-2/h3-7H,8H2,1-2H3,(H,23,25). The molecule has 146 valence electrons. The summed E-state index contributed by atoms with van der Waals surface area (Å²) in [6.07, 6.45) is 0. The summed E-state index contributed by atoms with van der Waals surface area (Å²) in [4.78, 5) is 28.7. The topological polar surface area (TPSA) is 59.2 Å². The molecule has 2 aromatic carbocycles. The normalized spacial score (nSPS) is 11.0. The number of pyridine rings is 1. The van der Waals surface area contributed by atoms with Crippen molar-refractivity contribution in [1.29, 1.82) is 0 Å². The molecule has 0 bridgehead atoms. The van der Waals surface area contributed by atoms with Crippen LogP contribution in [0.15, 0.2) is 49.5 Å². The van der Waals surface area contributed by atoms with Gasteiger partial charge < -0.3 is 9.72 Å². The number of thioether (sulfide) groups is 1. The first-order valence-electron chi connectivity index (χ1n) is 8.00. The second-order valence-corrected chi connectivity index (χ2v) is 8.71. The predicted octanol–water partition coefficient (Wildman–Crippen LogP) is 6.42. The maximum Gasteiger partial charge on any atom is 0.202 e. The number of carbonyl (C=O) groups excluding carboxylic acids is 1. The van der Waals surface area contributed by atoms with E-state index in [1.54, 1.807) is 30.3 Å². The summed E-state index contributed by atoms with van der Waals surface area (Å²) < 4.78 is 18.8. The maximum absolute atomic E-state index is 13.0. The zero-order chi connectivity index (χ0) is 20.4. The molecule has 0 spiro atoms. The number of halogens is 3. The monoisotopic (exact) mass is 501 g/mol. The van der Waals surface area contributed by atoms with Gasteiger partial charge in [-0.15, -0.1) is 11.8 Å². The number of ether oxygens (including phenoxy) is 1. The third-order valence-corrected chi connectivity index (χ3v) is 6.55. The summed E-state index contributed by atoms with van der Waals surface area (Å²) in [6.45, 7) is 1.35. The van der Waals surface area contributed by atoms with E-state index < -0.39 is 5.43 Å². The highest BCUT2D eigenvalue weighted by Crippen LogP contribution is 2.34. The number of hydrogen-bond acceptors (Lipinski definition) is 5. The Balaban J connectivity index is 2.08. The van der Waals surface area contributed by atoms with Crippen LogP contribution in [-0.2, 0) is 5.75 Å². The number of ketones is 1. The van der Waals surface area contributed by atoms with Crippen LogP contribution in [0.5, 0.6) is 5.75 Å². The molecule has 3 aromatic rings. The van der Waals surface area contributed by atoms with Crippen LogP contribution < -0.4 is 10.2 Å². The lowest BCUT2D eigenvalue weighted by Gasteiger charge is -2.13. The first-order chi connectivity index (χ1) is 13.4. The Hall–Kier alpha value is -1.48. The van der Waals surface area contributed by atoms with E-state index in [1.165, 1.54) is 25.8 Å². The highest BCUT2D eigenvalue weighted by molar-refractivity contribution is 9.10. The molecule has 4 nitrogen and oxygen atoms in total. The Bertz CT molecular complexity index is 1140. The lowest BCUT2D eigenvalue weighted by molar-refractivity contribution is 0.101. The molecule has 0 saturated carbocycles. The van der Waals surface area contributed by atoms with Gasteiger partial charge in [0.25, 0.3) is 0 Å². The van der Waals surface area contributed by atoms with Crippen molar-refractivity contribution >= 4 is 68.1 Å². The smallest absolute Gasteiger partial charge is 0.202 e. The number of methoxy groups -OCH3 is 1. The highest BCUT2D eigenvalue weighted by Gasteiger charge is 2.20. The number of aromatic nitrogens is 1. The second kappa shape index (κ2) is 8.90. The molecule has 9 heteroatoms. The van der Waals surface area contributed by atoms with Crippen molar-refractivity contribution in [2.75, 3.05) is 7.11 Å². The van der Waals surface area contributed by atoms with Gasteiger partial charge in [-0.3, -0.25) is 9.59 Å². The molecule has 1 N–H and O–H groups in total. The Morgan fingerprint density at radius 3 is 2.71 bits per heavy atom. The minimum absolute atomic E-state index is 0.0624. The van der Waals surface area contributed by atoms with Crippen LogP contribution in [0.4, 0.5) is 3.89 Å². The van der Waals surface area contributed by atoms with Gasteiger partial charge in [0.15, 0.2) is 5.78 Å². The minimum atomic E-state index is -0.411. The van der Waals surface area contributed by atoms with E-state index in [1.807, 2.05) is 0 Å². The quantitative estimate of drug-likeness (QED) is 0.311. The van der Waals surface area contributed by atoms with Crippen LogP contribution in [0.25, 0.3) is 10.9 Å². The Morgan fingerprint density at radius 1 is 1.32 bits per heavy atom. The fraction of sp³-hybridized carbons (Fsp3) is 0.158. The molecule has 0 amide bonds. The van der Waals surface area contributed by atoms with Crippen molar-refractivity contribution in [1.82, 2.24) is 4.98 Å².